The van der Waals surface area contributed by atoms with Gasteiger partial charge in [0.15, 0.2) is 0 Å². The first-order valence-electron chi connectivity index (χ1n) is 5.95. The number of hydrogen-bond acceptors (Lipinski definition) is 2. The first-order valence-corrected chi connectivity index (χ1v) is 6.74. The van der Waals surface area contributed by atoms with Gasteiger partial charge in [0.25, 0.3) is 0 Å². The second kappa shape index (κ2) is 6.57. The van der Waals surface area contributed by atoms with Crippen molar-refractivity contribution in [1.82, 2.24) is 0 Å². The van der Waals surface area contributed by atoms with E-state index in [-0.39, 0.29) is 0 Å². The van der Waals surface area contributed by atoms with Crippen molar-refractivity contribution >= 4 is 15.9 Å². The summed E-state index contributed by atoms with van der Waals surface area (Å²) in [4.78, 5) is 0. The quantitative estimate of drug-likeness (QED) is 0.917. The van der Waals surface area contributed by atoms with Gasteiger partial charge in [-0.05, 0) is 46.1 Å². The molecule has 2 rings (SSSR count). The minimum absolute atomic E-state index is 0.570. The molecule has 2 aromatic rings. The zero-order chi connectivity index (χ0) is 12.8. The Hall–Kier alpha value is -1.32. The molecule has 0 radical (unpaired) electrons. The Morgan fingerprint density at radius 3 is 2.50 bits per heavy atom. The monoisotopic (exact) mass is 305 g/mol. The van der Waals surface area contributed by atoms with Crippen LogP contribution in [0.2, 0.25) is 0 Å². The fourth-order valence-electron chi connectivity index (χ4n) is 1.80. The Morgan fingerprint density at radius 2 is 1.78 bits per heavy atom. The predicted molar refractivity (Wildman–Crippen MR) is 77.7 cm³/mol. The standard InChI is InChI=1S/C15H16BrNO/c16-14-8-4-7-13(9-10-17)15(14)18-11-12-5-2-1-3-6-12/h1-8H,9-11,17H2. The average molecular weight is 306 g/mol. The zero-order valence-electron chi connectivity index (χ0n) is 10.1. The smallest absolute Gasteiger partial charge is 0.137 e. The van der Waals surface area contributed by atoms with E-state index < -0.39 is 0 Å². The van der Waals surface area contributed by atoms with Gasteiger partial charge in [0.1, 0.15) is 12.4 Å². The molecule has 0 aliphatic rings. The van der Waals surface area contributed by atoms with Crippen molar-refractivity contribution in [2.24, 2.45) is 5.73 Å². The third-order valence-corrected chi connectivity index (χ3v) is 3.31. The normalized spacial score (nSPS) is 10.3. The van der Waals surface area contributed by atoms with Crippen LogP contribution in [0.1, 0.15) is 11.1 Å². The van der Waals surface area contributed by atoms with E-state index in [1.807, 2.05) is 30.3 Å². The van der Waals surface area contributed by atoms with Crippen LogP contribution in [0.4, 0.5) is 0 Å². The van der Waals surface area contributed by atoms with Crippen LogP contribution in [-0.2, 0) is 13.0 Å². The van der Waals surface area contributed by atoms with E-state index in [4.69, 9.17) is 10.5 Å². The summed E-state index contributed by atoms with van der Waals surface area (Å²) in [7, 11) is 0. The second-order valence-electron chi connectivity index (χ2n) is 4.04. The number of para-hydroxylation sites is 1. The molecule has 0 heterocycles. The van der Waals surface area contributed by atoms with E-state index in [0.29, 0.717) is 13.2 Å². The lowest BCUT2D eigenvalue weighted by molar-refractivity contribution is 0.301. The van der Waals surface area contributed by atoms with Crippen molar-refractivity contribution in [1.29, 1.82) is 0 Å². The zero-order valence-corrected chi connectivity index (χ0v) is 11.7. The number of benzene rings is 2. The fraction of sp³-hybridized carbons (Fsp3) is 0.200. The van der Waals surface area contributed by atoms with Gasteiger partial charge in [0.2, 0.25) is 0 Å². The minimum atomic E-state index is 0.570. The van der Waals surface area contributed by atoms with Gasteiger partial charge in [0.05, 0.1) is 4.47 Å². The Labute approximate surface area is 116 Å². The second-order valence-corrected chi connectivity index (χ2v) is 4.90. The molecule has 2 aromatic carbocycles. The van der Waals surface area contributed by atoms with Crippen LogP contribution in [0.5, 0.6) is 5.75 Å². The molecule has 2 N–H and O–H groups in total. The van der Waals surface area contributed by atoms with Crippen LogP contribution in [0.25, 0.3) is 0 Å². The summed E-state index contributed by atoms with van der Waals surface area (Å²) in [5.41, 5.74) is 7.92. The molecule has 0 saturated carbocycles. The van der Waals surface area contributed by atoms with Crippen molar-refractivity contribution in [2.75, 3.05) is 6.54 Å². The lowest BCUT2D eigenvalue weighted by Crippen LogP contribution is -2.06. The van der Waals surface area contributed by atoms with E-state index in [0.717, 1.165) is 27.8 Å². The maximum Gasteiger partial charge on any atom is 0.137 e. The third kappa shape index (κ3) is 3.34. The van der Waals surface area contributed by atoms with Crippen LogP contribution >= 0.6 is 15.9 Å². The molecule has 0 bridgehead atoms. The molecule has 3 heteroatoms. The van der Waals surface area contributed by atoms with E-state index in [2.05, 4.69) is 34.1 Å². The molecule has 2 nitrogen and oxygen atoms in total. The van der Waals surface area contributed by atoms with Crippen molar-refractivity contribution in [3.05, 3.63) is 64.1 Å². The summed E-state index contributed by atoms with van der Waals surface area (Å²) in [6.45, 7) is 1.19. The minimum Gasteiger partial charge on any atom is -0.487 e. The molecule has 0 atom stereocenters. The van der Waals surface area contributed by atoms with E-state index >= 15 is 0 Å². The van der Waals surface area contributed by atoms with Gasteiger partial charge in [-0.3, -0.25) is 0 Å². The van der Waals surface area contributed by atoms with Crippen LogP contribution in [0, 0.1) is 0 Å². The molecule has 0 fully saturated rings. The van der Waals surface area contributed by atoms with Crippen molar-refractivity contribution < 1.29 is 4.74 Å². The van der Waals surface area contributed by atoms with Crippen LogP contribution in [0.15, 0.2) is 53.0 Å². The van der Waals surface area contributed by atoms with Crippen molar-refractivity contribution in [3.8, 4) is 5.75 Å². The predicted octanol–water partition coefficient (Wildman–Crippen LogP) is 3.53. The Balaban J connectivity index is 2.13. The van der Waals surface area contributed by atoms with E-state index in [9.17, 15) is 0 Å². The van der Waals surface area contributed by atoms with E-state index in [1.165, 1.54) is 0 Å². The molecule has 0 aromatic heterocycles. The highest BCUT2D eigenvalue weighted by molar-refractivity contribution is 9.10. The van der Waals surface area contributed by atoms with Gasteiger partial charge in [-0.1, -0.05) is 42.5 Å². The number of ether oxygens (including phenoxy) is 1. The molecule has 0 amide bonds. The SMILES string of the molecule is NCCc1cccc(Br)c1OCc1ccccc1. The molecular weight excluding hydrogens is 290 g/mol. The van der Waals surface area contributed by atoms with Crippen molar-refractivity contribution in [2.45, 2.75) is 13.0 Å². The third-order valence-electron chi connectivity index (χ3n) is 2.69. The number of halogens is 1. The van der Waals surface area contributed by atoms with Gasteiger partial charge in [0, 0.05) is 0 Å². The van der Waals surface area contributed by atoms with E-state index in [1.54, 1.807) is 0 Å². The highest BCUT2D eigenvalue weighted by Gasteiger charge is 2.07. The number of nitrogens with two attached hydrogens (primary N) is 1. The van der Waals surface area contributed by atoms with Gasteiger partial charge >= 0.3 is 0 Å². The first kappa shape index (κ1) is 13.1. The summed E-state index contributed by atoms with van der Waals surface area (Å²) in [5, 5.41) is 0. The van der Waals surface area contributed by atoms with Gasteiger partial charge in [-0.2, -0.15) is 0 Å². The highest BCUT2D eigenvalue weighted by atomic mass is 79.9. The summed E-state index contributed by atoms with van der Waals surface area (Å²) >= 11 is 3.52. The highest BCUT2D eigenvalue weighted by Crippen LogP contribution is 2.30. The largest absolute Gasteiger partial charge is 0.487 e. The van der Waals surface area contributed by atoms with Gasteiger partial charge < -0.3 is 10.5 Å². The molecule has 94 valence electrons. The molecule has 0 aliphatic carbocycles. The summed E-state index contributed by atoms with van der Waals surface area (Å²) in [6, 6.07) is 16.2. The summed E-state index contributed by atoms with van der Waals surface area (Å²) in [5.74, 6) is 0.895. The van der Waals surface area contributed by atoms with Gasteiger partial charge in [-0.25, -0.2) is 0 Å². The maximum atomic E-state index is 5.90. The maximum absolute atomic E-state index is 5.90. The van der Waals surface area contributed by atoms with Crippen LogP contribution < -0.4 is 10.5 Å². The molecule has 0 spiro atoms. The van der Waals surface area contributed by atoms with Crippen LogP contribution in [0.3, 0.4) is 0 Å². The first-order chi connectivity index (χ1) is 8.81. The fourth-order valence-corrected chi connectivity index (χ4v) is 2.32. The molecule has 18 heavy (non-hydrogen) atoms. The lowest BCUT2D eigenvalue weighted by atomic mass is 10.1. The Bertz CT molecular complexity index is 499. The topological polar surface area (TPSA) is 35.2 Å². The molecule has 0 aliphatic heterocycles. The molecular formula is C15H16BrNO. The Morgan fingerprint density at radius 1 is 1.00 bits per heavy atom. The number of rotatable bonds is 5. The summed E-state index contributed by atoms with van der Waals surface area (Å²) in [6.07, 6.45) is 0.823. The van der Waals surface area contributed by atoms with Gasteiger partial charge in [-0.15, -0.1) is 0 Å². The Kier molecular flexibility index (Phi) is 4.79. The number of hydrogen-bond donors (Lipinski definition) is 1. The van der Waals surface area contributed by atoms with Crippen molar-refractivity contribution in [3.63, 3.8) is 0 Å². The van der Waals surface area contributed by atoms with Crippen LogP contribution in [-0.4, -0.2) is 6.54 Å². The molecule has 0 saturated heterocycles. The summed E-state index contributed by atoms with van der Waals surface area (Å²) < 4.78 is 6.88. The average Bonchev–Trinajstić information content (AvgIpc) is 2.40. The lowest BCUT2D eigenvalue weighted by Gasteiger charge is -2.13. The molecule has 0 unspecified atom stereocenters.